The molecule has 2 saturated carbocycles. The maximum atomic E-state index is 14.7. The lowest BCUT2D eigenvalue weighted by molar-refractivity contribution is -0.117. The Labute approximate surface area is 198 Å². The normalized spacial score (nSPS) is 16.7. The van der Waals surface area contributed by atoms with Crippen LogP contribution in [0.4, 0.5) is 21.6 Å². The van der Waals surface area contributed by atoms with E-state index in [-0.39, 0.29) is 57.9 Å². The molecule has 3 N–H and O–H groups in total. The summed E-state index contributed by atoms with van der Waals surface area (Å²) in [5.74, 6) is -1.59. The molecule has 2 heterocycles. The number of hydrogen-bond acceptors (Lipinski definition) is 8. The summed E-state index contributed by atoms with van der Waals surface area (Å²) in [6.45, 7) is -2.79. The maximum absolute atomic E-state index is 14.7. The van der Waals surface area contributed by atoms with Crippen molar-refractivity contribution in [1.82, 2.24) is 30.3 Å². The first-order chi connectivity index (χ1) is 17.6. The molecule has 0 spiro atoms. The van der Waals surface area contributed by atoms with Crippen LogP contribution in [0.3, 0.4) is 0 Å². The minimum absolute atomic E-state index is 0.0327. The Morgan fingerprint density at radius 2 is 2.00 bits per heavy atom. The lowest BCUT2D eigenvalue weighted by atomic mass is 10.1. The highest BCUT2D eigenvalue weighted by molar-refractivity contribution is 6.00. The predicted octanol–water partition coefficient (Wildman–Crippen LogP) is 2.67. The lowest BCUT2D eigenvalue weighted by Crippen LogP contribution is -2.22. The SMILES string of the molecule is [2H]C([2H])([2H])NC(=O)c1nnc(NC(=O)C2CC2)cc1Nc1cc(F)cc(-c2ncn(C3CC3)n2)c1OC. The van der Waals surface area contributed by atoms with Crippen LogP contribution in [0.25, 0.3) is 11.4 Å². The third kappa shape index (κ3) is 4.38. The van der Waals surface area contributed by atoms with E-state index in [0.717, 1.165) is 31.7 Å². The number of nitrogens with one attached hydrogen (secondary N) is 3. The number of benzene rings is 1. The van der Waals surface area contributed by atoms with Crippen molar-refractivity contribution >= 4 is 29.0 Å². The van der Waals surface area contributed by atoms with Gasteiger partial charge in [0, 0.05) is 29.1 Å². The number of carbonyl (C=O) groups is 2. The van der Waals surface area contributed by atoms with E-state index >= 15 is 0 Å². The molecule has 2 aliphatic carbocycles. The van der Waals surface area contributed by atoms with Crippen molar-refractivity contribution < 1.29 is 22.8 Å². The molecule has 2 amide bonds. The van der Waals surface area contributed by atoms with Gasteiger partial charge in [0.25, 0.3) is 5.91 Å². The number of methoxy groups -OCH3 is 1. The molecule has 5 rings (SSSR count). The summed E-state index contributed by atoms with van der Waals surface area (Å²) in [4.78, 5) is 29.2. The summed E-state index contributed by atoms with van der Waals surface area (Å²) in [5.41, 5.74) is -0.0587. The monoisotopic (exact) mass is 469 g/mol. The predicted molar refractivity (Wildman–Crippen MR) is 120 cm³/mol. The van der Waals surface area contributed by atoms with Crippen molar-refractivity contribution in [2.75, 3.05) is 24.7 Å². The van der Waals surface area contributed by atoms with Crippen LogP contribution in [-0.4, -0.2) is 50.9 Å². The van der Waals surface area contributed by atoms with E-state index < -0.39 is 18.7 Å². The number of hydrogen-bond donors (Lipinski definition) is 3. The van der Waals surface area contributed by atoms with Crippen molar-refractivity contribution in [3.05, 3.63) is 36.0 Å². The quantitative estimate of drug-likeness (QED) is 0.458. The van der Waals surface area contributed by atoms with Gasteiger partial charge in [-0.05, 0) is 31.7 Å². The molecule has 0 radical (unpaired) electrons. The summed E-state index contributed by atoms with van der Waals surface area (Å²) in [6.07, 6.45) is 5.08. The van der Waals surface area contributed by atoms with Crippen LogP contribution >= 0.6 is 0 Å². The third-order valence-corrected chi connectivity index (χ3v) is 5.52. The van der Waals surface area contributed by atoms with Gasteiger partial charge >= 0.3 is 0 Å². The number of carbonyl (C=O) groups excluding carboxylic acids is 2. The van der Waals surface area contributed by atoms with Gasteiger partial charge < -0.3 is 20.7 Å². The van der Waals surface area contributed by atoms with Crippen LogP contribution in [0.15, 0.2) is 24.5 Å². The highest BCUT2D eigenvalue weighted by Gasteiger charge is 2.30. The van der Waals surface area contributed by atoms with E-state index in [1.807, 2.05) is 5.32 Å². The molecule has 1 aromatic carbocycles. The summed E-state index contributed by atoms with van der Waals surface area (Å²) in [7, 11) is 1.38. The van der Waals surface area contributed by atoms with E-state index in [2.05, 4.69) is 30.9 Å². The zero-order valence-electron chi connectivity index (χ0n) is 21.1. The molecule has 2 aromatic heterocycles. The van der Waals surface area contributed by atoms with Crippen molar-refractivity contribution in [3.63, 3.8) is 0 Å². The second-order valence-electron chi connectivity index (χ2n) is 8.15. The van der Waals surface area contributed by atoms with E-state index in [0.29, 0.717) is 0 Å². The van der Waals surface area contributed by atoms with Gasteiger partial charge in [0.05, 0.1) is 30.1 Å². The summed E-state index contributed by atoms with van der Waals surface area (Å²) < 4.78 is 44.0. The molecule has 0 unspecified atom stereocenters. The second-order valence-corrected chi connectivity index (χ2v) is 8.15. The summed E-state index contributed by atoms with van der Waals surface area (Å²) in [6, 6.07) is 3.94. The molecule has 11 nitrogen and oxygen atoms in total. The van der Waals surface area contributed by atoms with Crippen LogP contribution in [-0.2, 0) is 4.79 Å². The number of ether oxygens (including phenoxy) is 1. The highest BCUT2D eigenvalue weighted by Crippen LogP contribution is 2.40. The summed E-state index contributed by atoms with van der Waals surface area (Å²) in [5, 5.41) is 19.4. The van der Waals surface area contributed by atoms with Crippen LogP contribution in [0.2, 0.25) is 0 Å². The van der Waals surface area contributed by atoms with Crippen LogP contribution < -0.4 is 20.7 Å². The zero-order chi connectivity index (χ0) is 26.3. The van der Waals surface area contributed by atoms with Gasteiger partial charge in [-0.25, -0.2) is 14.1 Å². The van der Waals surface area contributed by atoms with Crippen molar-refractivity contribution in [1.29, 1.82) is 0 Å². The topological polar surface area (TPSA) is 136 Å². The average Bonchev–Trinajstić information content (AvgIpc) is 3.76. The van der Waals surface area contributed by atoms with Gasteiger partial charge in [-0.3, -0.25) is 9.59 Å². The molecule has 34 heavy (non-hydrogen) atoms. The number of anilines is 3. The first-order valence-corrected chi connectivity index (χ1v) is 10.7. The van der Waals surface area contributed by atoms with Gasteiger partial charge in [-0.2, -0.15) is 5.10 Å². The van der Waals surface area contributed by atoms with Gasteiger partial charge in [0.15, 0.2) is 23.1 Å². The molecule has 0 bridgehead atoms. The summed E-state index contributed by atoms with van der Waals surface area (Å²) >= 11 is 0. The van der Waals surface area contributed by atoms with Gasteiger partial charge in [0.2, 0.25) is 5.91 Å². The molecule has 2 aliphatic rings. The van der Waals surface area contributed by atoms with Gasteiger partial charge in [0.1, 0.15) is 12.1 Å². The number of aromatic nitrogens is 5. The molecule has 3 aromatic rings. The second kappa shape index (κ2) is 8.69. The van der Waals surface area contributed by atoms with Crippen LogP contribution in [0.1, 0.15) is 46.3 Å². The fourth-order valence-electron chi connectivity index (χ4n) is 3.48. The van der Waals surface area contributed by atoms with E-state index in [9.17, 15) is 14.0 Å². The van der Waals surface area contributed by atoms with Crippen molar-refractivity contribution in [3.8, 4) is 17.1 Å². The maximum Gasteiger partial charge on any atom is 0.273 e. The smallest absolute Gasteiger partial charge is 0.273 e. The first-order valence-electron chi connectivity index (χ1n) is 12.2. The largest absolute Gasteiger partial charge is 0.494 e. The molecular weight excluding hydrogens is 443 g/mol. The molecule has 0 atom stereocenters. The molecular formula is C22H23FN8O3. The number of halogens is 1. The van der Waals surface area contributed by atoms with Crippen LogP contribution in [0, 0.1) is 11.7 Å². The van der Waals surface area contributed by atoms with Crippen LogP contribution in [0.5, 0.6) is 5.75 Å². The lowest BCUT2D eigenvalue weighted by Gasteiger charge is -2.16. The minimum Gasteiger partial charge on any atom is -0.494 e. The standard InChI is InChI=1S/C22H23FN8O3/c1-24-22(33)18-15(9-17(28-29-18)27-21(32)11-3-4-11)26-16-8-12(23)7-14(19(16)34-2)20-25-10-31(30-20)13-5-6-13/h7-11,13H,3-6H2,1-2H3,(H,24,33)(H2,26,27,28,32)/i1D3. The number of amides is 2. The molecule has 176 valence electrons. The zero-order valence-corrected chi connectivity index (χ0v) is 18.1. The van der Waals surface area contributed by atoms with Crippen molar-refractivity contribution in [2.24, 2.45) is 5.92 Å². The molecule has 12 heteroatoms. The first kappa shape index (κ1) is 18.3. The Hall–Kier alpha value is -4.09. The Morgan fingerprint density at radius 3 is 2.71 bits per heavy atom. The van der Waals surface area contributed by atoms with E-state index in [1.165, 1.54) is 19.2 Å². The van der Waals surface area contributed by atoms with Gasteiger partial charge in [-0.15, -0.1) is 10.2 Å². The van der Waals surface area contributed by atoms with Gasteiger partial charge in [-0.1, -0.05) is 0 Å². The highest BCUT2D eigenvalue weighted by atomic mass is 19.1. The van der Waals surface area contributed by atoms with E-state index in [1.54, 1.807) is 11.0 Å². The fraction of sp³-hybridized carbons (Fsp3) is 0.364. The number of rotatable bonds is 8. The Balaban J connectivity index is 1.53. The Bertz CT molecular complexity index is 1370. The Morgan fingerprint density at radius 1 is 1.18 bits per heavy atom. The molecule has 2 fully saturated rings. The van der Waals surface area contributed by atoms with E-state index in [4.69, 9.17) is 8.85 Å². The minimum atomic E-state index is -2.79. The average molecular weight is 469 g/mol. The third-order valence-electron chi connectivity index (χ3n) is 5.52. The molecule has 0 saturated heterocycles. The van der Waals surface area contributed by atoms with Crippen molar-refractivity contribution in [2.45, 2.75) is 31.7 Å². The molecule has 0 aliphatic heterocycles. The fourth-order valence-corrected chi connectivity index (χ4v) is 3.48. The Kier molecular flexibility index (Phi) is 4.69. The number of nitrogens with zero attached hydrogens (tertiary/aromatic N) is 5.